The number of nitrogens with one attached hydrogen (secondary N) is 1. The van der Waals surface area contributed by atoms with Crippen LogP contribution in [-0.4, -0.2) is 38.8 Å². The van der Waals surface area contributed by atoms with Crippen molar-refractivity contribution >= 4 is 17.2 Å². The lowest BCUT2D eigenvalue weighted by Crippen LogP contribution is -2.39. The normalized spacial score (nSPS) is 23.8. The molecule has 0 unspecified atom stereocenters. The quantitative estimate of drug-likeness (QED) is 0.739. The van der Waals surface area contributed by atoms with Gasteiger partial charge in [0.15, 0.2) is 0 Å². The molecule has 2 aromatic heterocycles. The van der Waals surface area contributed by atoms with Crippen molar-refractivity contribution in [2.75, 3.05) is 13.1 Å². The molecule has 5 rings (SSSR count). The second kappa shape index (κ2) is 8.71. The summed E-state index contributed by atoms with van der Waals surface area (Å²) in [5, 5.41) is 2.13. The largest absolute Gasteiger partial charge is 0.332 e. The molecule has 4 heterocycles. The van der Waals surface area contributed by atoms with Gasteiger partial charge in [-0.15, -0.1) is 11.3 Å². The number of thiophene rings is 1. The second-order valence-electron chi connectivity index (χ2n) is 9.03. The van der Waals surface area contributed by atoms with Gasteiger partial charge in [0.25, 0.3) is 5.56 Å². The zero-order valence-corrected chi connectivity index (χ0v) is 18.9. The van der Waals surface area contributed by atoms with Crippen LogP contribution in [0.3, 0.4) is 0 Å². The van der Waals surface area contributed by atoms with Crippen molar-refractivity contribution in [3.8, 4) is 0 Å². The van der Waals surface area contributed by atoms with Crippen molar-refractivity contribution in [3.05, 3.63) is 61.5 Å². The maximum atomic E-state index is 13.1. The van der Waals surface area contributed by atoms with Crippen molar-refractivity contribution in [2.24, 2.45) is 5.92 Å². The molecule has 1 N–H and O–H groups in total. The number of nitrogens with zero attached hydrogens (tertiary/aromatic N) is 3. The minimum Gasteiger partial charge on any atom is -0.332 e. The van der Waals surface area contributed by atoms with Crippen LogP contribution in [0.4, 0.5) is 0 Å². The number of allylic oxidation sites excluding steroid dienone is 2. The Labute approximate surface area is 187 Å². The summed E-state index contributed by atoms with van der Waals surface area (Å²) in [5.74, 6) is 0.984. The van der Waals surface area contributed by atoms with Crippen LogP contribution in [0.5, 0.6) is 0 Å². The molecule has 1 amide bonds. The summed E-state index contributed by atoms with van der Waals surface area (Å²) in [4.78, 5) is 39.8. The molecule has 164 valence electrons. The van der Waals surface area contributed by atoms with E-state index in [0.717, 1.165) is 69.4 Å². The van der Waals surface area contributed by atoms with Gasteiger partial charge in [-0.3, -0.25) is 14.5 Å². The summed E-state index contributed by atoms with van der Waals surface area (Å²) in [6, 6.07) is 2.06. The third-order valence-electron chi connectivity index (χ3n) is 6.97. The van der Waals surface area contributed by atoms with E-state index in [1.54, 1.807) is 11.3 Å². The van der Waals surface area contributed by atoms with E-state index in [9.17, 15) is 9.59 Å². The molecule has 0 bridgehead atoms. The molecule has 0 spiro atoms. The SMILES string of the molecule is Cc1ccsc1CN1CCc2nc([C@H]3CCCN3C(=O)[C@H]3CC=CCC3)[nH]c(=O)c2C1. The smallest absolute Gasteiger partial charge is 0.255 e. The van der Waals surface area contributed by atoms with Gasteiger partial charge in [0.05, 0.1) is 17.3 Å². The van der Waals surface area contributed by atoms with Crippen LogP contribution in [0.1, 0.15) is 65.7 Å². The lowest BCUT2D eigenvalue weighted by Gasteiger charge is -2.31. The maximum absolute atomic E-state index is 13.1. The third-order valence-corrected chi connectivity index (χ3v) is 7.98. The first-order valence-electron chi connectivity index (χ1n) is 11.4. The Morgan fingerprint density at radius 1 is 1.29 bits per heavy atom. The minimum absolute atomic E-state index is 0.0347. The fourth-order valence-corrected chi connectivity index (χ4v) is 6.08. The number of aromatic nitrogens is 2. The molecule has 2 atom stereocenters. The van der Waals surface area contributed by atoms with E-state index in [0.29, 0.717) is 12.4 Å². The highest BCUT2D eigenvalue weighted by atomic mass is 32.1. The first-order chi connectivity index (χ1) is 15.1. The topological polar surface area (TPSA) is 69.3 Å². The summed E-state index contributed by atoms with van der Waals surface area (Å²) in [7, 11) is 0. The van der Waals surface area contributed by atoms with Crippen LogP contribution >= 0.6 is 11.3 Å². The maximum Gasteiger partial charge on any atom is 0.255 e. The molecular weight excluding hydrogens is 408 g/mol. The van der Waals surface area contributed by atoms with Crippen LogP contribution < -0.4 is 5.56 Å². The Hall–Kier alpha value is -2.25. The van der Waals surface area contributed by atoms with Crippen LogP contribution in [0.2, 0.25) is 0 Å². The molecule has 1 aliphatic carbocycles. The summed E-state index contributed by atoms with van der Waals surface area (Å²) in [5.41, 5.74) is 2.99. The summed E-state index contributed by atoms with van der Waals surface area (Å²) in [6.07, 6.45) is 9.64. The fraction of sp³-hybridized carbons (Fsp3) is 0.542. The molecule has 2 aromatic rings. The predicted molar refractivity (Wildman–Crippen MR) is 122 cm³/mol. The Bertz CT molecular complexity index is 1060. The zero-order valence-electron chi connectivity index (χ0n) is 18.1. The number of aromatic amines is 1. The summed E-state index contributed by atoms with van der Waals surface area (Å²) < 4.78 is 0. The summed E-state index contributed by atoms with van der Waals surface area (Å²) in [6.45, 7) is 5.32. The zero-order chi connectivity index (χ0) is 21.4. The van der Waals surface area contributed by atoms with Gasteiger partial charge in [0.1, 0.15) is 5.82 Å². The number of carbonyl (C=O) groups is 1. The molecule has 6 nitrogen and oxygen atoms in total. The van der Waals surface area contributed by atoms with Gasteiger partial charge < -0.3 is 9.88 Å². The number of H-pyrrole nitrogens is 1. The lowest BCUT2D eigenvalue weighted by atomic mass is 9.93. The molecule has 0 saturated carbocycles. The van der Waals surface area contributed by atoms with Crippen LogP contribution in [-0.2, 0) is 24.3 Å². The van der Waals surface area contributed by atoms with E-state index in [2.05, 4.69) is 40.4 Å². The number of likely N-dealkylation sites (tertiary alicyclic amines) is 1. The molecule has 31 heavy (non-hydrogen) atoms. The number of hydrogen-bond donors (Lipinski definition) is 1. The number of aryl methyl sites for hydroxylation is 1. The van der Waals surface area contributed by atoms with E-state index in [1.807, 2.05) is 4.90 Å². The molecular formula is C24H30N4O2S. The van der Waals surface area contributed by atoms with E-state index in [4.69, 9.17) is 4.98 Å². The van der Waals surface area contributed by atoms with Gasteiger partial charge in [-0.1, -0.05) is 12.2 Å². The standard InChI is InChI=1S/C24H30N4O2S/c1-16-10-13-31-21(16)15-27-12-9-19-18(14-27)23(29)26-22(25-19)20-8-5-11-28(20)24(30)17-6-3-2-4-7-17/h2-3,10,13,17,20H,4-9,11-12,14-15H2,1H3,(H,25,26,29)/t17-,20+/m0/s1. The highest BCUT2D eigenvalue weighted by Gasteiger charge is 2.36. The molecule has 7 heteroatoms. The molecule has 2 aliphatic heterocycles. The van der Waals surface area contributed by atoms with Gasteiger partial charge in [-0.25, -0.2) is 4.98 Å². The minimum atomic E-state index is -0.0943. The lowest BCUT2D eigenvalue weighted by molar-refractivity contribution is -0.136. The van der Waals surface area contributed by atoms with Gasteiger partial charge in [-0.2, -0.15) is 0 Å². The van der Waals surface area contributed by atoms with Crippen LogP contribution in [0.25, 0.3) is 0 Å². The first-order valence-corrected chi connectivity index (χ1v) is 12.3. The molecule has 0 radical (unpaired) electrons. The fourth-order valence-electron chi connectivity index (χ4n) is 5.13. The number of carbonyl (C=O) groups excluding carboxylic acids is 1. The average Bonchev–Trinajstić information content (AvgIpc) is 3.43. The predicted octanol–water partition coefficient (Wildman–Crippen LogP) is 3.72. The van der Waals surface area contributed by atoms with E-state index in [1.165, 1.54) is 10.4 Å². The number of amides is 1. The molecule has 3 aliphatic rings. The Morgan fingerprint density at radius 3 is 2.97 bits per heavy atom. The molecule has 0 aromatic carbocycles. The first kappa shape index (κ1) is 20.6. The number of fused-ring (bicyclic) bond motifs is 1. The highest BCUT2D eigenvalue weighted by Crippen LogP contribution is 2.33. The molecule has 1 fully saturated rings. The second-order valence-corrected chi connectivity index (χ2v) is 10.0. The van der Waals surface area contributed by atoms with Gasteiger partial charge in [0, 0.05) is 43.4 Å². The van der Waals surface area contributed by atoms with Gasteiger partial charge >= 0.3 is 0 Å². The van der Waals surface area contributed by atoms with Crippen molar-refractivity contribution in [3.63, 3.8) is 0 Å². The average molecular weight is 439 g/mol. The monoisotopic (exact) mass is 438 g/mol. The Morgan fingerprint density at radius 2 is 2.19 bits per heavy atom. The number of hydrogen-bond acceptors (Lipinski definition) is 5. The van der Waals surface area contributed by atoms with Crippen LogP contribution in [0, 0.1) is 12.8 Å². The van der Waals surface area contributed by atoms with Gasteiger partial charge in [-0.05, 0) is 56.0 Å². The number of rotatable bonds is 4. The van der Waals surface area contributed by atoms with Gasteiger partial charge in [0.2, 0.25) is 5.91 Å². The highest BCUT2D eigenvalue weighted by molar-refractivity contribution is 7.10. The van der Waals surface area contributed by atoms with Crippen LogP contribution in [0.15, 0.2) is 28.4 Å². The van der Waals surface area contributed by atoms with Crippen molar-refractivity contribution in [2.45, 2.75) is 64.6 Å². The van der Waals surface area contributed by atoms with E-state index >= 15 is 0 Å². The molecule has 1 saturated heterocycles. The van der Waals surface area contributed by atoms with Crippen molar-refractivity contribution in [1.82, 2.24) is 19.8 Å². The summed E-state index contributed by atoms with van der Waals surface area (Å²) >= 11 is 1.78. The van der Waals surface area contributed by atoms with E-state index in [-0.39, 0.29) is 23.4 Å². The van der Waals surface area contributed by atoms with Crippen molar-refractivity contribution < 1.29 is 4.79 Å². The third kappa shape index (κ3) is 4.13. The Kier molecular flexibility index (Phi) is 5.80. The van der Waals surface area contributed by atoms with E-state index < -0.39 is 0 Å². The van der Waals surface area contributed by atoms with Crippen molar-refractivity contribution in [1.29, 1.82) is 0 Å². The Balaban J connectivity index is 1.34.